The van der Waals surface area contributed by atoms with Crippen molar-refractivity contribution in [3.05, 3.63) is 47.0 Å². The van der Waals surface area contributed by atoms with Gasteiger partial charge in [0.25, 0.3) is 5.91 Å². The molecule has 0 saturated carbocycles. The highest BCUT2D eigenvalue weighted by molar-refractivity contribution is 6.33. The van der Waals surface area contributed by atoms with Gasteiger partial charge in [0.15, 0.2) is 18.1 Å². The maximum atomic E-state index is 12.0. The van der Waals surface area contributed by atoms with Crippen molar-refractivity contribution in [1.82, 2.24) is 5.32 Å². The van der Waals surface area contributed by atoms with Crippen LogP contribution in [-0.4, -0.2) is 37.7 Å². The van der Waals surface area contributed by atoms with E-state index < -0.39 is 24.5 Å². The van der Waals surface area contributed by atoms with Crippen LogP contribution in [0.5, 0.6) is 11.5 Å². The first-order valence-corrected chi connectivity index (χ1v) is 9.44. The number of hydrogen-bond donors (Lipinski definition) is 3. The highest BCUT2D eigenvalue weighted by Gasteiger charge is 2.14. The van der Waals surface area contributed by atoms with Crippen LogP contribution in [0.1, 0.15) is 24.2 Å². The third kappa shape index (κ3) is 6.56. The lowest BCUT2D eigenvalue weighted by Gasteiger charge is -2.13. The smallest absolute Gasteiger partial charge is 0.338 e. The number of hydrogen-bond acceptors (Lipinski definition) is 7. The molecule has 2 aromatic rings. The molecule has 0 aromatic heterocycles. The van der Waals surface area contributed by atoms with Gasteiger partial charge in [0.1, 0.15) is 0 Å². The number of ether oxygens (including phenoxy) is 3. The molecule has 3 amide bonds. The predicted octanol–water partition coefficient (Wildman–Crippen LogP) is 3.22. The minimum atomic E-state index is -0.807. The van der Waals surface area contributed by atoms with Crippen LogP contribution in [0.25, 0.3) is 0 Å². The number of benzene rings is 2. The molecule has 0 bridgehead atoms. The zero-order chi connectivity index (χ0) is 22.1. The van der Waals surface area contributed by atoms with Gasteiger partial charge in [0, 0.05) is 11.8 Å². The Morgan fingerprint density at radius 1 is 1.00 bits per heavy atom. The third-order valence-corrected chi connectivity index (χ3v) is 3.96. The molecule has 0 aliphatic carbocycles. The summed E-state index contributed by atoms with van der Waals surface area (Å²) in [6.07, 6.45) is 0. The molecule has 2 aromatic carbocycles. The van der Waals surface area contributed by atoms with Gasteiger partial charge in [-0.05, 0) is 44.2 Å². The molecule has 10 heteroatoms. The summed E-state index contributed by atoms with van der Waals surface area (Å²) in [5.74, 6) is -0.587. The average molecular weight is 436 g/mol. The Morgan fingerprint density at radius 3 is 2.37 bits per heavy atom. The van der Waals surface area contributed by atoms with Crippen LogP contribution >= 0.6 is 11.6 Å². The van der Waals surface area contributed by atoms with Crippen molar-refractivity contribution in [2.24, 2.45) is 0 Å². The number of esters is 1. The number of rotatable bonds is 8. The van der Waals surface area contributed by atoms with Gasteiger partial charge < -0.3 is 25.3 Å². The SMILES string of the molecule is CCOc1ccc(NC(=O)NC(=O)COC(=O)c2ccc(Cl)c(N)c2)cc1OCC. The van der Waals surface area contributed by atoms with Crippen LogP contribution in [0.4, 0.5) is 16.2 Å². The molecule has 0 unspecified atom stereocenters. The Hall–Kier alpha value is -3.46. The van der Waals surface area contributed by atoms with Crippen molar-refractivity contribution >= 4 is 40.9 Å². The maximum Gasteiger partial charge on any atom is 0.338 e. The van der Waals surface area contributed by atoms with Gasteiger partial charge in [-0.2, -0.15) is 0 Å². The van der Waals surface area contributed by atoms with Gasteiger partial charge in [-0.1, -0.05) is 11.6 Å². The van der Waals surface area contributed by atoms with Crippen molar-refractivity contribution in [3.63, 3.8) is 0 Å². The number of urea groups is 1. The van der Waals surface area contributed by atoms with Crippen LogP contribution in [0.2, 0.25) is 5.02 Å². The molecule has 0 heterocycles. The summed E-state index contributed by atoms with van der Waals surface area (Å²) in [5, 5.41) is 4.85. The molecule has 0 saturated heterocycles. The lowest BCUT2D eigenvalue weighted by molar-refractivity contribution is -0.123. The molecular weight excluding hydrogens is 414 g/mol. The second kappa shape index (κ2) is 10.9. The Kier molecular flexibility index (Phi) is 8.30. The fourth-order valence-corrected chi connectivity index (χ4v) is 2.46. The van der Waals surface area contributed by atoms with Gasteiger partial charge in [-0.15, -0.1) is 0 Å². The molecule has 0 radical (unpaired) electrons. The van der Waals surface area contributed by atoms with E-state index in [0.717, 1.165) is 0 Å². The summed E-state index contributed by atoms with van der Waals surface area (Å²) < 4.78 is 15.8. The van der Waals surface area contributed by atoms with E-state index in [4.69, 9.17) is 31.5 Å². The van der Waals surface area contributed by atoms with E-state index in [1.165, 1.54) is 18.2 Å². The second-order valence-corrected chi connectivity index (χ2v) is 6.25. The lowest BCUT2D eigenvalue weighted by atomic mass is 10.2. The molecule has 160 valence electrons. The largest absolute Gasteiger partial charge is 0.490 e. The van der Waals surface area contributed by atoms with Crippen LogP contribution in [0.3, 0.4) is 0 Å². The summed E-state index contributed by atoms with van der Waals surface area (Å²) in [6, 6.07) is 8.20. The van der Waals surface area contributed by atoms with Crippen LogP contribution in [0.15, 0.2) is 36.4 Å². The Balaban J connectivity index is 1.88. The van der Waals surface area contributed by atoms with Gasteiger partial charge >= 0.3 is 12.0 Å². The van der Waals surface area contributed by atoms with E-state index in [9.17, 15) is 14.4 Å². The normalized spacial score (nSPS) is 10.1. The zero-order valence-corrected chi connectivity index (χ0v) is 17.2. The summed E-state index contributed by atoms with van der Waals surface area (Å²) in [6.45, 7) is 3.89. The first-order valence-electron chi connectivity index (χ1n) is 9.06. The van der Waals surface area contributed by atoms with Gasteiger partial charge in [-0.3, -0.25) is 10.1 Å². The molecule has 2 rings (SSSR count). The number of nitrogens with one attached hydrogen (secondary N) is 2. The highest BCUT2D eigenvalue weighted by Crippen LogP contribution is 2.30. The Bertz CT molecular complexity index is 935. The van der Waals surface area contributed by atoms with Crippen molar-refractivity contribution in [2.45, 2.75) is 13.8 Å². The molecule has 9 nitrogen and oxygen atoms in total. The molecule has 0 aliphatic rings. The summed E-state index contributed by atoms with van der Waals surface area (Å²) in [5.41, 5.74) is 6.35. The summed E-state index contributed by atoms with van der Waals surface area (Å²) in [7, 11) is 0. The third-order valence-electron chi connectivity index (χ3n) is 3.62. The number of carbonyl (C=O) groups is 3. The summed E-state index contributed by atoms with van der Waals surface area (Å²) in [4.78, 5) is 35.8. The van der Waals surface area contributed by atoms with Crippen molar-refractivity contribution in [3.8, 4) is 11.5 Å². The number of halogens is 1. The number of amides is 3. The van der Waals surface area contributed by atoms with Crippen molar-refractivity contribution in [2.75, 3.05) is 30.9 Å². The van der Waals surface area contributed by atoms with Gasteiger partial charge in [0.2, 0.25) is 0 Å². The molecule has 4 N–H and O–H groups in total. The topological polar surface area (TPSA) is 129 Å². The Labute approximate surface area is 178 Å². The molecule has 0 fully saturated rings. The fraction of sp³-hybridized carbons (Fsp3) is 0.250. The standard InChI is InChI=1S/C20H22ClN3O6/c1-3-28-16-8-6-13(10-17(16)29-4-2)23-20(27)24-18(25)11-30-19(26)12-5-7-14(21)15(22)9-12/h5-10H,3-4,11,22H2,1-2H3,(H2,23,24,25,27). The number of carbonyl (C=O) groups excluding carboxylic acids is 3. The van der Waals surface area contributed by atoms with E-state index in [1.54, 1.807) is 18.2 Å². The van der Waals surface area contributed by atoms with Gasteiger partial charge in [-0.25, -0.2) is 9.59 Å². The van der Waals surface area contributed by atoms with E-state index in [-0.39, 0.29) is 11.3 Å². The monoisotopic (exact) mass is 435 g/mol. The zero-order valence-electron chi connectivity index (χ0n) is 16.5. The number of nitrogens with two attached hydrogens (primary N) is 1. The summed E-state index contributed by atoms with van der Waals surface area (Å²) >= 11 is 5.79. The quantitative estimate of drug-likeness (QED) is 0.428. The van der Waals surface area contributed by atoms with Gasteiger partial charge in [0.05, 0.1) is 29.5 Å². The van der Waals surface area contributed by atoms with Crippen molar-refractivity contribution < 1.29 is 28.6 Å². The van der Waals surface area contributed by atoms with Crippen LogP contribution in [0, 0.1) is 0 Å². The van der Waals surface area contributed by atoms with E-state index in [2.05, 4.69) is 10.6 Å². The van der Waals surface area contributed by atoms with Crippen LogP contribution < -0.4 is 25.8 Å². The molecular formula is C20H22ClN3O6. The lowest BCUT2D eigenvalue weighted by Crippen LogP contribution is -2.37. The minimum absolute atomic E-state index is 0.131. The maximum absolute atomic E-state index is 12.0. The second-order valence-electron chi connectivity index (χ2n) is 5.84. The number of nitrogen functional groups attached to an aromatic ring is 1. The fourth-order valence-electron chi connectivity index (χ4n) is 2.34. The molecule has 0 aliphatic heterocycles. The van der Waals surface area contributed by atoms with Crippen molar-refractivity contribution in [1.29, 1.82) is 0 Å². The first kappa shape index (κ1) is 22.8. The van der Waals surface area contributed by atoms with E-state index >= 15 is 0 Å². The van der Waals surface area contributed by atoms with E-state index in [0.29, 0.717) is 35.4 Å². The number of anilines is 2. The predicted molar refractivity (Wildman–Crippen MR) is 112 cm³/mol. The molecule has 0 atom stereocenters. The minimum Gasteiger partial charge on any atom is -0.490 e. The molecule has 0 spiro atoms. The number of imide groups is 1. The Morgan fingerprint density at radius 2 is 1.70 bits per heavy atom. The average Bonchev–Trinajstić information content (AvgIpc) is 2.70. The first-order chi connectivity index (χ1) is 14.3. The van der Waals surface area contributed by atoms with Crippen LogP contribution in [-0.2, 0) is 9.53 Å². The molecule has 30 heavy (non-hydrogen) atoms. The highest BCUT2D eigenvalue weighted by atomic mass is 35.5. The van der Waals surface area contributed by atoms with E-state index in [1.807, 2.05) is 13.8 Å².